The number of hydrogen-bond acceptors (Lipinski definition) is 2. The molecule has 0 heterocycles. The minimum Gasteiger partial charge on any atom is -0.478 e. The number of allylic oxidation sites excluding steroid dienone is 1. The summed E-state index contributed by atoms with van der Waals surface area (Å²) in [5.74, 6) is -56.8. The van der Waals surface area contributed by atoms with E-state index in [-0.39, 0.29) is 16.7 Å². The molecule has 0 atom stereocenters. The van der Waals surface area contributed by atoms with Gasteiger partial charge in [0, 0.05) is 0 Å². The maximum absolute atomic E-state index is 13.9. The Morgan fingerprint density at radius 1 is 0.548 bits per heavy atom. The number of hydrogen-bond donors (Lipinski definition) is 1. The number of aromatic carboxylic acids is 1. The summed E-state index contributed by atoms with van der Waals surface area (Å²) < 4.78 is 229. The molecule has 0 unspecified atom stereocenters. The first-order valence-electron chi connectivity index (χ1n) is 10.2. The molecule has 42 heavy (non-hydrogen) atoms. The SMILES string of the molecule is O=C(O)c1ccc(-c2ccc(OC(F)=C(F)C(F)(F)C(F)(F)C(F)(F)C(F)(F)C(F)(F)C(F)(F)C(F)(F)F)cc2)cc1. The van der Waals surface area contributed by atoms with E-state index in [2.05, 4.69) is 4.74 Å². The Morgan fingerprint density at radius 2 is 0.905 bits per heavy atom. The van der Waals surface area contributed by atoms with Crippen molar-refractivity contribution in [3.05, 3.63) is 65.9 Å². The highest BCUT2D eigenvalue weighted by Crippen LogP contribution is 2.63. The first-order chi connectivity index (χ1) is 18.7. The Kier molecular flexibility index (Phi) is 8.63. The van der Waals surface area contributed by atoms with Gasteiger partial charge in [0.2, 0.25) is 5.83 Å². The van der Waals surface area contributed by atoms with Crippen LogP contribution in [-0.4, -0.2) is 52.8 Å². The molecule has 0 aliphatic rings. The van der Waals surface area contributed by atoms with Crippen molar-refractivity contribution in [2.75, 3.05) is 0 Å². The Morgan fingerprint density at radius 3 is 1.29 bits per heavy atom. The lowest BCUT2D eigenvalue weighted by Crippen LogP contribution is -2.72. The van der Waals surface area contributed by atoms with Crippen LogP contribution in [0.3, 0.4) is 0 Å². The van der Waals surface area contributed by atoms with E-state index < -0.39 is 65.3 Å². The summed E-state index contributed by atoms with van der Waals surface area (Å²) in [5.41, 5.74) is 0.218. The number of ether oxygens (including phenoxy) is 1. The van der Waals surface area contributed by atoms with Gasteiger partial charge in [-0.2, -0.15) is 74.6 Å². The second-order valence-corrected chi connectivity index (χ2v) is 8.04. The van der Waals surface area contributed by atoms with E-state index in [4.69, 9.17) is 5.11 Å². The molecule has 0 aromatic heterocycles. The summed E-state index contributed by atoms with van der Waals surface area (Å²) in [7, 11) is 0. The molecule has 20 heteroatoms. The van der Waals surface area contributed by atoms with Gasteiger partial charge in [-0.1, -0.05) is 24.3 Å². The average Bonchev–Trinajstić information content (AvgIpc) is 2.87. The van der Waals surface area contributed by atoms with Gasteiger partial charge in [0.1, 0.15) is 5.75 Å². The predicted molar refractivity (Wildman–Crippen MR) is 104 cm³/mol. The van der Waals surface area contributed by atoms with Gasteiger partial charge in [0.25, 0.3) is 0 Å². The monoisotopic (exact) mass is 644 g/mol. The van der Waals surface area contributed by atoms with Gasteiger partial charge >= 0.3 is 53.7 Å². The van der Waals surface area contributed by atoms with Crippen molar-refractivity contribution in [3.63, 3.8) is 0 Å². The molecule has 0 amide bonds. The number of carboxylic acids is 1. The third kappa shape index (κ3) is 5.30. The first kappa shape index (κ1) is 34.5. The van der Waals surface area contributed by atoms with Gasteiger partial charge in [-0.3, -0.25) is 0 Å². The van der Waals surface area contributed by atoms with Gasteiger partial charge in [0.15, 0.2) is 0 Å². The summed E-state index contributed by atoms with van der Waals surface area (Å²) in [6, 6.07) is 4.16. The summed E-state index contributed by atoms with van der Waals surface area (Å²) in [6.07, 6.45) is -7.81. The van der Waals surface area contributed by atoms with Gasteiger partial charge < -0.3 is 9.84 Å². The Labute approximate surface area is 220 Å². The van der Waals surface area contributed by atoms with Crippen LogP contribution in [0.2, 0.25) is 0 Å². The number of benzene rings is 2. The molecule has 0 spiro atoms. The van der Waals surface area contributed by atoms with Crippen molar-refractivity contribution < 1.29 is 89.3 Å². The molecule has 0 aliphatic heterocycles. The van der Waals surface area contributed by atoms with Crippen LogP contribution in [0.4, 0.5) is 74.6 Å². The first-order valence-corrected chi connectivity index (χ1v) is 10.2. The normalized spacial score (nSPS) is 14.9. The summed E-state index contributed by atoms with van der Waals surface area (Å²) >= 11 is 0. The maximum atomic E-state index is 13.9. The lowest BCUT2D eigenvalue weighted by molar-refractivity contribution is -0.451. The van der Waals surface area contributed by atoms with E-state index in [9.17, 15) is 79.4 Å². The molecule has 2 aromatic carbocycles. The topological polar surface area (TPSA) is 46.5 Å². The largest absolute Gasteiger partial charge is 0.478 e. The standard InChI is InChI=1S/C22H9F17O3/c23-13(14(24)42-12-7-5-10(6-8-12)9-1-3-11(4-2-9)15(40)41)16(25,26)17(27,28)18(29,30)19(31,32)20(33,34)21(35,36)22(37,38)39/h1-8H,(H,40,41). The third-order valence-electron chi connectivity index (χ3n) is 5.30. The van der Waals surface area contributed by atoms with Crippen molar-refractivity contribution in [2.24, 2.45) is 0 Å². The molecule has 0 aliphatic carbocycles. The van der Waals surface area contributed by atoms with Gasteiger partial charge in [0.05, 0.1) is 5.56 Å². The molecule has 0 radical (unpaired) electrons. The summed E-state index contributed by atoms with van der Waals surface area (Å²) in [4.78, 5) is 10.8. The lowest BCUT2D eigenvalue weighted by atomic mass is 9.91. The van der Waals surface area contributed by atoms with Crippen molar-refractivity contribution in [2.45, 2.75) is 41.7 Å². The molecule has 0 bridgehead atoms. The minimum atomic E-state index is -8.66. The second kappa shape index (κ2) is 10.5. The molecule has 2 aromatic rings. The van der Waals surface area contributed by atoms with Crippen molar-refractivity contribution in [1.82, 2.24) is 0 Å². The molecular weight excluding hydrogens is 635 g/mol. The molecule has 0 saturated heterocycles. The van der Waals surface area contributed by atoms with E-state index in [1.807, 2.05) is 0 Å². The van der Waals surface area contributed by atoms with E-state index in [0.717, 1.165) is 24.3 Å². The highest BCUT2D eigenvalue weighted by Gasteiger charge is 2.93. The number of rotatable bonds is 10. The Balaban J connectivity index is 2.43. The van der Waals surface area contributed by atoms with Gasteiger partial charge in [-0.05, 0) is 35.4 Å². The van der Waals surface area contributed by atoms with Crippen molar-refractivity contribution in [1.29, 1.82) is 0 Å². The van der Waals surface area contributed by atoms with Crippen molar-refractivity contribution >= 4 is 5.97 Å². The Hall–Kier alpha value is -3.74. The van der Waals surface area contributed by atoms with E-state index in [0.29, 0.717) is 12.1 Å². The molecule has 3 nitrogen and oxygen atoms in total. The molecule has 2 rings (SSSR count). The van der Waals surface area contributed by atoms with Gasteiger partial charge in [-0.25, -0.2) is 4.79 Å². The summed E-state index contributed by atoms with van der Waals surface area (Å²) in [5, 5.41) is 8.83. The fourth-order valence-electron chi connectivity index (χ4n) is 2.90. The van der Waals surface area contributed by atoms with Gasteiger partial charge in [-0.15, -0.1) is 0 Å². The smallest absolute Gasteiger partial charge is 0.460 e. The van der Waals surface area contributed by atoms with Crippen LogP contribution >= 0.6 is 0 Å². The molecule has 0 fully saturated rings. The molecule has 234 valence electrons. The number of carbonyl (C=O) groups is 1. The van der Waals surface area contributed by atoms with Crippen molar-refractivity contribution in [3.8, 4) is 16.9 Å². The zero-order valence-electron chi connectivity index (χ0n) is 19.3. The summed E-state index contributed by atoms with van der Waals surface area (Å²) in [6.45, 7) is 0. The van der Waals surface area contributed by atoms with Crippen LogP contribution in [0.5, 0.6) is 5.75 Å². The maximum Gasteiger partial charge on any atom is 0.460 e. The van der Waals surface area contributed by atoms with Crippen LogP contribution in [0, 0.1) is 0 Å². The molecular formula is C22H9F17O3. The van der Waals surface area contributed by atoms with Crippen LogP contribution in [-0.2, 0) is 0 Å². The van der Waals surface area contributed by atoms with Crippen LogP contribution < -0.4 is 4.74 Å². The highest BCUT2D eigenvalue weighted by atomic mass is 19.4. The van der Waals surface area contributed by atoms with E-state index in [1.54, 1.807) is 0 Å². The zero-order valence-corrected chi connectivity index (χ0v) is 19.3. The highest BCUT2D eigenvalue weighted by molar-refractivity contribution is 5.88. The third-order valence-corrected chi connectivity index (χ3v) is 5.30. The van der Waals surface area contributed by atoms with Crippen LogP contribution in [0.15, 0.2) is 60.4 Å². The van der Waals surface area contributed by atoms with E-state index >= 15 is 0 Å². The number of alkyl halides is 15. The average molecular weight is 644 g/mol. The van der Waals surface area contributed by atoms with Crippen LogP contribution in [0.1, 0.15) is 10.4 Å². The van der Waals surface area contributed by atoms with E-state index in [1.165, 1.54) is 12.1 Å². The minimum absolute atomic E-state index is 0.138. The Bertz CT molecular complexity index is 1330. The fraction of sp³-hybridized carbons (Fsp3) is 0.318. The van der Waals surface area contributed by atoms with Crippen LogP contribution in [0.25, 0.3) is 11.1 Å². The zero-order chi connectivity index (χ0) is 32.9. The second-order valence-electron chi connectivity index (χ2n) is 8.04. The quantitative estimate of drug-likeness (QED) is 0.208. The lowest BCUT2D eigenvalue weighted by Gasteiger charge is -2.41. The number of carboxylic acid groups (broad SMARTS) is 1. The fourth-order valence-corrected chi connectivity index (χ4v) is 2.90. The molecule has 0 saturated carbocycles. The number of halogens is 17. The molecule has 1 N–H and O–H groups in total. The predicted octanol–water partition coefficient (Wildman–Crippen LogP) is 8.91.